The van der Waals surface area contributed by atoms with Crippen molar-refractivity contribution in [3.8, 4) is 11.3 Å². The van der Waals surface area contributed by atoms with E-state index in [1.165, 1.54) is 18.2 Å². The molecule has 1 N–H and O–H groups in total. The van der Waals surface area contributed by atoms with E-state index in [1.54, 1.807) is 42.4 Å². The molecule has 0 saturated heterocycles. The second-order valence-electron chi connectivity index (χ2n) is 7.16. The first-order valence-electron chi connectivity index (χ1n) is 9.75. The number of nitrogens with one attached hydrogen (secondary N) is 1. The molecule has 0 radical (unpaired) electrons. The van der Waals surface area contributed by atoms with Crippen LogP contribution in [0.4, 0.5) is 10.1 Å². The Morgan fingerprint density at radius 2 is 1.90 bits per heavy atom. The summed E-state index contributed by atoms with van der Waals surface area (Å²) in [4.78, 5) is 16.7. The highest BCUT2D eigenvalue weighted by atomic mass is 19.1. The van der Waals surface area contributed by atoms with Gasteiger partial charge in [-0.3, -0.25) is 9.48 Å². The SMILES string of the molecule is Cc1coc(Cc2ccc(NC(=O)C=Cc3cnn(C)c3-c3ccc(F)cc3)cc2)n1. The predicted molar refractivity (Wildman–Crippen MR) is 117 cm³/mol. The second kappa shape index (κ2) is 8.79. The first-order valence-corrected chi connectivity index (χ1v) is 9.75. The number of oxazole rings is 1. The third-order valence-corrected chi connectivity index (χ3v) is 4.74. The van der Waals surface area contributed by atoms with Crippen LogP contribution >= 0.6 is 0 Å². The van der Waals surface area contributed by atoms with Crippen LogP contribution in [0.3, 0.4) is 0 Å². The molecule has 0 bridgehead atoms. The van der Waals surface area contributed by atoms with Crippen LogP contribution in [0.15, 0.2) is 71.5 Å². The number of benzene rings is 2. The summed E-state index contributed by atoms with van der Waals surface area (Å²) in [5.41, 5.74) is 4.96. The van der Waals surface area contributed by atoms with Gasteiger partial charge in [0.15, 0.2) is 5.89 Å². The van der Waals surface area contributed by atoms with E-state index in [0.29, 0.717) is 18.0 Å². The van der Waals surface area contributed by atoms with Crippen molar-refractivity contribution in [3.05, 3.63) is 95.6 Å². The van der Waals surface area contributed by atoms with E-state index in [-0.39, 0.29) is 11.7 Å². The number of carbonyl (C=O) groups is 1. The summed E-state index contributed by atoms with van der Waals surface area (Å²) in [6.45, 7) is 1.88. The maximum Gasteiger partial charge on any atom is 0.248 e. The first-order chi connectivity index (χ1) is 15.0. The van der Waals surface area contributed by atoms with Gasteiger partial charge in [0.25, 0.3) is 0 Å². The zero-order valence-electron chi connectivity index (χ0n) is 17.2. The number of anilines is 1. The molecule has 6 nitrogen and oxygen atoms in total. The van der Waals surface area contributed by atoms with Gasteiger partial charge in [-0.2, -0.15) is 5.10 Å². The van der Waals surface area contributed by atoms with Crippen molar-refractivity contribution in [2.45, 2.75) is 13.3 Å². The normalized spacial score (nSPS) is 11.2. The molecule has 2 aromatic heterocycles. The predicted octanol–water partition coefficient (Wildman–Crippen LogP) is 4.77. The molecular weight excluding hydrogens is 395 g/mol. The standard InChI is InChI=1S/C24H21FN4O2/c1-16-15-31-23(27-16)13-17-3-10-21(11-4-17)28-22(30)12-7-19-14-26-29(2)24(19)18-5-8-20(25)9-6-18/h3-12,14-15H,13H2,1-2H3,(H,28,30). The average molecular weight is 416 g/mol. The Balaban J connectivity index is 1.41. The van der Waals surface area contributed by atoms with Crippen molar-refractivity contribution in [1.82, 2.24) is 14.8 Å². The molecule has 0 saturated carbocycles. The summed E-state index contributed by atoms with van der Waals surface area (Å²) < 4.78 is 20.3. The largest absolute Gasteiger partial charge is 0.448 e. The van der Waals surface area contributed by atoms with Crippen molar-refractivity contribution in [1.29, 1.82) is 0 Å². The minimum atomic E-state index is -0.302. The molecule has 0 aliphatic carbocycles. The number of hydrogen-bond acceptors (Lipinski definition) is 4. The van der Waals surface area contributed by atoms with Gasteiger partial charge < -0.3 is 9.73 Å². The average Bonchev–Trinajstić information content (AvgIpc) is 3.33. The van der Waals surface area contributed by atoms with Crippen molar-refractivity contribution >= 4 is 17.7 Å². The van der Waals surface area contributed by atoms with Crippen LogP contribution in [0.1, 0.15) is 22.7 Å². The Morgan fingerprint density at radius 1 is 1.16 bits per heavy atom. The molecule has 0 fully saturated rings. The topological polar surface area (TPSA) is 73.0 Å². The quantitative estimate of drug-likeness (QED) is 0.460. The van der Waals surface area contributed by atoms with E-state index in [4.69, 9.17) is 4.42 Å². The summed E-state index contributed by atoms with van der Waals surface area (Å²) in [5.74, 6) is 0.0968. The van der Waals surface area contributed by atoms with Crippen LogP contribution in [-0.4, -0.2) is 20.7 Å². The van der Waals surface area contributed by atoms with Gasteiger partial charge >= 0.3 is 0 Å². The monoisotopic (exact) mass is 416 g/mol. The van der Waals surface area contributed by atoms with Gasteiger partial charge in [-0.05, 0) is 55.0 Å². The van der Waals surface area contributed by atoms with Gasteiger partial charge in [0.2, 0.25) is 5.91 Å². The highest BCUT2D eigenvalue weighted by molar-refractivity contribution is 6.02. The number of amides is 1. The number of carbonyl (C=O) groups excluding carboxylic acids is 1. The lowest BCUT2D eigenvalue weighted by atomic mass is 10.1. The smallest absolute Gasteiger partial charge is 0.248 e. The third kappa shape index (κ3) is 4.95. The van der Waals surface area contributed by atoms with Crippen LogP contribution in [0.25, 0.3) is 17.3 Å². The molecule has 2 heterocycles. The molecule has 0 aliphatic rings. The van der Waals surface area contributed by atoms with Gasteiger partial charge in [0, 0.05) is 36.4 Å². The fourth-order valence-electron chi connectivity index (χ4n) is 3.25. The number of aryl methyl sites for hydroxylation is 2. The number of aromatic nitrogens is 3. The van der Waals surface area contributed by atoms with E-state index < -0.39 is 0 Å². The van der Waals surface area contributed by atoms with Gasteiger partial charge in [0.05, 0.1) is 17.6 Å². The van der Waals surface area contributed by atoms with Crippen molar-refractivity contribution in [2.24, 2.45) is 7.05 Å². The second-order valence-corrected chi connectivity index (χ2v) is 7.16. The first kappa shape index (κ1) is 20.3. The number of rotatable bonds is 6. The molecule has 4 rings (SSSR count). The van der Waals surface area contributed by atoms with Crippen molar-refractivity contribution < 1.29 is 13.6 Å². The van der Waals surface area contributed by atoms with Crippen LogP contribution in [0.5, 0.6) is 0 Å². The zero-order valence-corrected chi connectivity index (χ0v) is 17.2. The Morgan fingerprint density at radius 3 is 2.58 bits per heavy atom. The molecule has 156 valence electrons. The van der Waals surface area contributed by atoms with Crippen LogP contribution in [0, 0.1) is 12.7 Å². The Labute approximate surface area is 179 Å². The van der Waals surface area contributed by atoms with E-state index in [9.17, 15) is 9.18 Å². The third-order valence-electron chi connectivity index (χ3n) is 4.74. The zero-order chi connectivity index (χ0) is 21.8. The van der Waals surface area contributed by atoms with E-state index in [1.807, 2.05) is 31.2 Å². The fraction of sp³-hybridized carbons (Fsp3) is 0.125. The molecule has 0 unspecified atom stereocenters. The highest BCUT2D eigenvalue weighted by Gasteiger charge is 2.10. The maximum absolute atomic E-state index is 13.2. The van der Waals surface area contributed by atoms with Gasteiger partial charge in [-0.25, -0.2) is 9.37 Å². The molecule has 31 heavy (non-hydrogen) atoms. The molecule has 0 spiro atoms. The molecular formula is C24H21FN4O2. The summed E-state index contributed by atoms with van der Waals surface area (Å²) in [5, 5.41) is 7.09. The highest BCUT2D eigenvalue weighted by Crippen LogP contribution is 2.24. The Kier molecular flexibility index (Phi) is 5.75. The van der Waals surface area contributed by atoms with Gasteiger partial charge in [-0.15, -0.1) is 0 Å². The van der Waals surface area contributed by atoms with Gasteiger partial charge in [0.1, 0.15) is 12.1 Å². The fourth-order valence-corrected chi connectivity index (χ4v) is 3.25. The number of halogens is 1. The van der Waals surface area contributed by atoms with Gasteiger partial charge in [-0.1, -0.05) is 12.1 Å². The van der Waals surface area contributed by atoms with Crippen molar-refractivity contribution in [3.63, 3.8) is 0 Å². The molecule has 7 heteroatoms. The van der Waals surface area contributed by atoms with Crippen LogP contribution in [-0.2, 0) is 18.3 Å². The Hall–Kier alpha value is -4.00. The molecule has 2 aromatic carbocycles. The molecule has 0 aliphatic heterocycles. The van der Waals surface area contributed by atoms with E-state index in [2.05, 4.69) is 15.4 Å². The summed E-state index contributed by atoms with van der Waals surface area (Å²) in [6.07, 6.45) is 7.03. The number of nitrogens with zero attached hydrogens (tertiary/aromatic N) is 3. The van der Waals surface area contributed by atoms with E-state index in [0.717, 1.165) is 28.1 Å². The molecule has 0 atom stereocenters. The lowest BCUT2D eigenvalue weighted by molar-refractivity contribution is -0.111. The minimum Gasteiger partial charge on any atom is -0.448 e. The van der Waals surface area contributed by atoms with Crippen LogP contribution < -0.4 is 5.32 Å². The minimum absolute atomic E-state index is 0.259. The van der Waals surface area contributed by atoms with Crippen molar-refractivity contribution in [2.75, 3.05) is 5.32 Å². The summed E-state index contributed by atoms with van der Waals surface area (Å²) in [6, 6.07) is 13.7. The Bertz CT molecular complexity index is 1220. The number of hydrogen-bond donors (Lipinski definition) is 1. The summed E-state index contributed by atoms with van der Waals surface area (Å²) >= 11 is 0. The lowest BCUT2D eigenvalue weighted by Crippen LogP contribution is -2.07. The lowest BCUT2D eigenvalue weighted by Gasteiger charge is -2.05. The molecule has 4 aromatic rings. The van der Waals surface area contributed by atoms with E-state index >= 15 is 0 Å². The van der Waals surface area contributed by atoms with Crippen LogP contribution in [0.2, 0.25) is 0 Å². The summed E-state index contributed by atoms with van der Waals surface area (Å²) in [7, 11) is 1.80. The molecule has 1 amide bonds. The maximum atomic E-state index is 13.2.